The van der Waals surface area contributed by atoms with Crippen molar-refractivity contribution in [2.75, 3.05) is 24.5 Å². The molecule has 0 saturated carbocycles. The molecule has 2 heterocycles. The topological polar surface area (TPSA) is 91.4 Å². The minimum atomic E-state index is -3.63. The maximum Gasteiger partial charge on any atom is 0.240 e. The molecule has 1 saturated heterocycles. The third-order valence-electron chi connectivity index (χ3n) is 5.01. The molecule has 3 rings (SSSR count). The van der Waals surface area contributed by atoms with Crippen LogP contribution in [-0.2, 0) is 21.4 Å². The van der Waals surface area contributed by atoms with Gasteiger partial charge in [-0.25, -0.2) is 18.1 Å². The number of anilines is 1. The quantitative estimate of drug-likeness (QED) is 0.689. The summed E-state index contributed by atoms with van der Waals surface area (Å²) in [7, 11) is -3.63. The van der Waals surface area contributed by atoms with Gasteiger partial charge in [0.1, 0.15) is 5.82 Å². The molecular formula is C21H28N4O3S. The SMILES string of the molecule is Cc1ccc(C)c(S(=O)(=O)NCCC(=O)NCc2ccc(N3CCCC3)nc2)c1. The van der Waals surface area contributed by atoms with E-state index in [-0.39, 0.29) is 23.8 Å². The van der Waals surface area contributed by atoms with Gasteiger partial charge in [0.2, 0.25) is 15.9 Å². The standard InChI is InChI=1S/C21H28N4O3S/c1-16-5-6-17(2)19(13-16)29(27,28)24-10-9-21(26)23-15-18-7-8-20(22-14-18)25-11-3-4-12-25/h5-8,13-14,24H,3-4,9-12,15H2,1-2H3,(H,23,26). The zero-order valence-corrected chi connectivity index (χ0v) is 17.8. The van der Waals surface area contributed by atoms with Gasteiger partial charge in [0, 0.05) is 38.8 Å². The highest BCUT2D eigenvalue weighted by Gasteiger charge is 2.17. The van der Waals surface area contributed by atoms with Crippen LogP contribution in [0.1, 0.15) is 36.0 Å². The molecule has 0 aliphatic carbocycles. The lowest BCUT2D eigenvalue weighted by molar-refractivity contribution is -0.121. The molecule has 1 aromatic carbocycles. The van der Waals surface area contributed by atoms with Gasteiger partial charge in [-0.2, -0.15) is 0 Å². The molecule has 0 unspecified atom stereocenters. The summed E-state index contributed by atoms with van der Waals surface area (Å²) >= 11 is 0. The third kappa shape index (κ3) is 5.77. The number of hydrogen-bond acceptors (Lipinski definition) is 5. The first kappa shape index (κ1) is 21.3. The smallest absolute Gasteiger partial charge is 0.240 e. The number of nitrogens with zero attached hydrogens (tertiary/aromatic N) is 2. The maximum atomic E-state index is 12.5. The van der Waals surface area contributed by atoms with Gasteiger partial charge in [-0.05, 0) is 55.5 Å². The van der Waals surface area contributed by atoms with Gasteiger partial charge in [-0.3, -0.25) is 4.79 Å². The van der Waals surface area contributed by atoms with Crippen molar-refractivity contribution in [2.24, 2.45) is 0 Å². The van der Waals surface area contributed by atoms with Crippen LogP contribution in [0.25, 0.3) is 0 Å². The second kappa shape index (κ2) is 9.37. The van der Waals surface area contributed by atoms with Gasteiger partial charge in [-0.15, -0.1) is 0 Å². The van der Waals surface area contributed by atoms with E-state index in [0.29, 0.717) is 12.1 Å². The van der Waals surface area contributed by atoms with Crippen LogP contribution in [0.5, 0.6) is 0 Å². The lowest BCUT2D eigenvalue weighted by Crippen LogP contribution is -2.31. The van der Waals surface area contributed by atoms with E-state index in [4.69, 9.17) is 0 Å². The number of rotatable bonds is 8. The second-order valence-corrected chi connectivity index (χ2v) is 9.15. The number of carbonyl (C=O) groups excluding carboxylic acids is 1. The summed E-state index contributed by atoms with van der Waals surface area (Å²) in [6.45, 7) is 6.11. The molecular weight excluding hydrogens is 388 g/mol. The number of carbonyl (C=O) groups is 1. The Morgan fingerprint density at radius 1 is 1.14 bits per heavy atom. The average molecular weight is 417 g/mol. The molecule has 0 atom stereocenters. The Morgan fingerprint density at radius 2 is 1.90 bits per heavy atom. The van der Waals surface area contributed by atoms with E-state index < -0.39 is 10.0 Å². The number of benzene rings is 1. The molecule has 1 aliphatic heterocycles. The molecule has 2 aromatic rings. The van der Waals surface area contributed by atoms with Crippen molar-refractivity contribution in [3.05, 3.63) is 53.2 Å². The van der Waals surface area contributed by atoms with Crippen molar-refractivity contribution in [2.45, 2.75) is 44.6 Å². The Bertz CT molecular complexity index is 952. The van der Waals surface area contributed by atoms with Crippen LogP contribution in [-0.4, -0.2) is 38.9 Å². The summed E-state index contributed by atoms with van der Waals surface area (Å²) in [6, 6.07) is 9.22. The normalized spacial score (nSPS) is 14.2. The van der Waals surface area contributed by atoms with Gasteiger partial charge in [0.05, 0.1) is 4.90 Å². The fourth-order valence-electron chi connectivity index (χ4n) is 3.32. The molecule has 0 bridgehead atoms. The highest BCUT2D eigenvalue weighted by molar-refractivity contribution is 7.89. The summed E-state index contributed by atoms with van der Waals surface area (Å²) in [5, 5.41) is 2.81. The molecule has 7 nitrogen and oxygen atoms in total. The first-order valence-electron chi connectivity index (χ1n) is 9.89. The van der Waals surface area contributed by atoms with Gasteiger partial charge in [0.15, 0.2) is 0 Å². The van der Waals surface area contributed by atoms with E-state index in [1.54, 1.807) is 25.3 Å². The number of pyridine rings is 1. The minimum Gasteiger partial charge on any atom is -0.357 e. The first-order chi connectivity index (χ1) is 13.8. The molecule has 1 aliphatic rings. The molecule has 2 N–H and O–H groups in total. The molecule has 0 spiro atoms. The largest absolute Gasteiger partial charge is 0.357 e. The summed E-state index contributed by atoms with van der Waals surface area (Å²) in [6.07, 6.45) is 4.25. The highest BCUT2D eigenvalue weighted by Crippen LogP contribution is 2.18. The third-order valence-corrected chi connectivity index (χ3v) is 6.61. The number of aromatic nitrogens is 1. The highest BCUT2D eigenvalue weighted by atomic mass is 32.2. The summed E-state index contributed by atoms with van der Waals surface area (Å²) in [5.41, 5.74) is 2.47. The van der Waals surface area contributed by atoms with Gasteiger partial charge >= 0.3 is 0 Å². The van der Waals surface area contributed by atoms with Crippen LogP contribution >= 0.6 is 0 Å². The molecule has 8 heteroatoms. The number of sulfonamides is 1. The first-order valence-corrected chi connectivity index (χ1v) is 11.4. The summed E-state index contributed by atoms with van der Waals surface area (Å²) in [5.74, 6) is 0.760. The van der Waals surface area contributed by atoms with Crippen molar-refractivity contribution in [3.63, 3.8) is 0 Å². The second-order valence-electron chi connectivity index (χ2n) is 7.41. The van der Waals surface area contributed by atoms with Crippen molar-refractivity contribution in [3.8, 4) is 0 Å². The zero-order valence-electron chi connectivity index (χ0n) is 16.9. The Labute approximate surface area is 172 Å². The van der Waals surface area contributed by atoms with Crippen molar-refractivity contribution in [1.82, 2.24) is 15.0 Å². The fraction of sp³-hybridized carbons (Fsp3) is 0.429. The molecule has 29 heavy (non-hydrogen) atoms. The van der Waals surface area contributed by atoms with E-state index in [2.05, 4.69) is 19.9 Å². The Balaban J connectivity index is 1.44. The predicted molar refractivity (Wildman–Crippen MR) is 113 cm³/mol. The van der Waals surface area contributed by atoms with Crippen molar-refractivity contribution in [1.29, 1.82) is 0 Å². The van der Waals surface area contributed by atoms with E-state index in [1.807, 2.05) is 25.1 Å². The fourth-order valence-corrected chi connectivity index (χ4v) is 4.68. The van der Waals surface area contributed by atoms with Crippen LogP contribution in [0.4, 0.5) is 5.82 Å². The monoisotopic (exact) mass is 416 g/mol. The lowest BCUT2D eigenvalue weighted by atomic mass is 10.2. The molecule has 156 valence electrons. The van der Waals surface area contributed by atoms with Crippen LogP contribution in [0.2, 0.25) is 0 Å². The van der Waals surface area contributed by atoms with E-state index in [0.717, 1.165) is 30.0 Å². The van der Waals surface area contributed by atoms with Gasteiger partial charge < -0.3 is 10.2 Å². The molecule has 1 aromatic heterocycles. The van der Waals surface area contributed by atoms with Crippen LogP contribution in [0.15, 0.2) is 41.4 Å². The van der Waals surface area contributed by atoms with Crippen molar-refractivity contribution < 1.29 is 13.2 Å². The minimum absolute atomic E-state index is 0.0493. The lowest BCUT2D eigenvalue weighted by Gasteiger charge is -2.16. The predicted octanol–water partition coefficient (Wildman–Crippen LogP) is 2.28. The number of amides is 1. The van der Waals surface area contributed by atoms with E-state index in [9.17, 15) is 13.2 Å². The summed E-state index contributed by atoms with van der Waals surface area (Å²) in [4.78, 5) is 19.0. The van der Waals surface area contributed by atoms with Crippen molar-refractivity contribution >= 4 is 21.7 Å². The maximum absolute atomic E-state index is 12.5. The number of aryl methyl sites for hydroxylation is 2. The number of hydrogen-bond donors (Lipinski definition) is 2. The zero-order chi connectivity index (χ0) is 20.9. The Morgan fingerprint density at radius 3 is 2.59 bits per heavy atom. The summed E-state index contributed by atoms with van der Waals surface area (Å²) < 4.78 is 27.4. The number of nitrogens with one attached hydrogen (secondary N) is 2. The van der Waals surface area contributed by atoms with Crippen LogP contribution in [0, 0.1) is 13.8 Å². The Hall–Kier alpha value is -2.45. The average Bonchev–Trinajstić information content (AvgIpc) is 3.23. The molecule has 1 fully saturated rings. The van der Waals surface area contributed by atoms with Gasteiger partial charge in [-0.1, -0.05) is 18.2 Å². The van der Waals surface area contributed by atoms with Gasteiger partial charge in [0.25, 0.3) is 0 Å². The van der Waals surface area contributed by atoms with E-state index >= 15 is 0 Å². The molecule has 0 radical (unpaired) electrons. The van der Waals surface area contributed by atoms with Crippen LogP contribution in [0.3, 0.4) is 0 Å². The molecule has 1 amide bonds. The van der Waals surface area contributed by atoms with E-state index in [1.165, 1.54) is 12.8 Å². The Kier molecular flexibility index (Phi) is 6.87. The van der Waals surface area contributed by atoms with Crippen LogP contribution < -0.4 is 14.9 Å².